The summed E-state index contributed by atoms with van der Waals surface area (Å²) in [6.07, 6.45) is 1.14. The van der Waals surface area contributed by atoms with Gasteiger partial charge in [0.15, 0.2) is 0 Å². The molecule has 0 aromatic rings. The molecule has 2 rings (SSSR count). The molecule has 2 aliphatic rings. The molecule has 4 heteroatoms. The molecule has 2 heterocycles. The van der Waals surface area contributed by atoms with Crippen LogP contribution >= 0.6 is 0 Å². The van der Waals surface area contributed by atoms with E-state index in [0.29, 0.717) is 6.42 Å². The van der Waals surface area contributed by atoms with Crippen LogP contribution in [0.3, 0.4) is 0 Å². The maximum atomic E-state index is 12.8. The van der Waals surface area contributed by atoms with Gasteiger partial charge < -0.3 is 10.6 Å². The van der Waals surface area contributed by atoms with E-state index in [9.17, 15) is 9.18 Å². The van der Waals surface area contributed by atoms with Gasteiger partial charge in [0.2, 0.25) is 5.91 Å². The van der Waals surface area contributed by atoms with Crippen molar-refractivity contribution in [1.29, 1.82) is 0 Å². The molecule has 0 bridgehead atoms. The lowest BCUT2D eigenvalue weighted by Crippen LogP contribution is -2.51. The van der Waals surface area contributed by atoms with Crippen molar-refractivity contribution in [3.05, 3.63) is 0 Å². The van der Waals surface area contributed by atoms with Crippen LogP contribution in [0.15, 0.2) is 0 Å². The SMILES string of the molecule is O=C1CC2(CF)CCNCC2N1. The van der Waals surface area contributed by atoms with E-state index in [-0.39, 0.29) is 24.0 Å². The third-order valence-corrected chi connectivity index (χ3v) is 3.00. The minimum atomic E-state index is -0.387. The zero-order valence-corrected chi connectivity index (χ0v) is 6.90. The molecule has 0 radical (unpaired) electrons. The maximum absolute atomic E-state index is 12.8. The van der Waals surface area contributed by atoms with Crippen molar-refractivity contribution >= 4 is 5.91 Å². The summed E-state index contributed by atoms with van der Waals surface area (Å²) in [4.78, 5) is 11.1. The van der Waals surface area contributed by atoms with Crippen molar-refractivity contribution < 1.29 is 9.18 Å². The summed E-state index contributed by atoms with van der Waals surface area (Å²) in [6.45, 7) is 1.17. The summed E-state index contributed by atoms with van der Waals surface area (Å²) in [7, 11) is 0. The van der Waals surface area contributed by atoms with Crippen LogP contribution in [0.4, 0.5) is 4.39 Å². The molecule has 1 amide bonds. The number of carbonyl (C=O) groups is 1. The molecule has 0 aliphatic carbocycles. The molecule has 68 valence electrons. The van der Waals surface area contributed by atoms with Crippen LogP contribution in [-0.2, 0) is 4.79 Å². The van der Waals surface area contributed by atoms with Gasteiger partial charge in [0.25, 0.3) is 0 Å². The van der Waals surface area contributed by atoms with Gasteiger partial charge in [-0.15, -0.1) is 0 Å². The number of alkyl halides is 1. The number of nitrogens with one attached hydrogen (secondary N) is 2. The summed E-state index contributed by atoms with van der Waals surface area (Å²) < 4.78 is 12.8. The molecule has 2 fully saturated rings. The van der Waals surface area contributed by atoms with Gasteiger partial charge in [-0.25, -0.2) is 0 Å². The summed E-state index contributed by atoms with van der Waals surface area (Å²) >= 11 is 0. The minimum absolute atomic E-state index is 0.00125. The first-order valence-electron chi connectivity index (χ1n) is 4.33. The van der Waals surface area contributed by atoms with Crippen LogP contribution in [0.5, 0.6) is 0 Å². The highest BCUT2D eigenvalue weighted by atomic mass is 19.1. The van der Waals surface area contributed by atoms with E-state index in [1.165, 1.54) is 0 Å². The van der Waals surface area contributed by atoms with Gasteiger partial charge in [0.1, 0.15) is 0 Å². The van der Waals surface area contributed by atoms with E-state index in [0.717, 1.165) is 19.5 Å². The molecule has 2 N–H and O–H groups in total. The monoisotopic (exact) mass is 172 g/mol. The van der Waals surface area contributed by atoms with Crippen LogP contribution < -0.4 is 10.6 Å². The Morgan fingerprint density at radius 3 is 3.17 bits per heavy atom. The van der Waals surface area contributed by atoms with Gasteiger partial charge in [-0.05, 0) is 13.0 Å². The second-order valence-corrected chi connectivity index (χ2v) is 3.75. The van der Waals surface area contributed by atoms with E-state index in [1.54, 1.807) is 0 Å². The van der Waals surface area contributed by atoms with Crippen LogP contribution in [0.1, 0.15) is 12.8 Å². The average Bonchev–Trinajstić information content (AvgIpc) is 2.41. The fourth-order valence-electron chi connectivity index (χ4n) is 2.16. The Morgan fingerprint density at radius 1 is 1.67 bits per heavy atom. The Kier molecular flexibility index (Phi) is 1.79. The number of halogens is 1. The van der Waals surface area contributed by atoms with Crippen LogP contribution in [0, 0.1) is 5.41 Å². The average molecular weight is 172 g/mol. The first-order chi connectivity index (χ1) is 5.77. The summed E-state index contributed by atoms with van der Waals surface area (Å²) in [5, 5.41) is 5.96. The number of carbonyl (C=O) groups excluding carboxylic acids is 1. The van der Waals surface area contributed by atoms with Crippen LogP contribution in [0.25, 0.3) is 0 Å². The highest BCUT2D eigenvalue weighted by molar-refractivity contribution is 5.80. The third-order valence-electron chi connectivity index (χ3n) is 3.00. The zero-order valence-electron chi connectivity index (χ0n) is 6.90. The highest BCUT2D eigenvalue weighted by Crippen LogP contribution is 2.37. The number of amides is 1. The standard InChI is InChI=1S/C8H13FN2O/c9-5-8-1-2-10-4-6(8)11-7(12)3-8/h6,10H,1-5H2,(H,11,12). The highest BCUT2D eigenvalue weighted by Gasteiger charge is 2.48. The molecule has 0 spiro atoms. The van der Waals surface area contributed by atoms with E-state index in [4.69, 9.17) is 0 Å². The molecule has 2 unspecified atom stereocenters. The lowest BCUT2D eigenvalue weighted by Gasteiger charge is -2.35. The largest absolute Gasteiger partial charge is 0.351 e. The Bertz CT molecular complexity index is 209. The van der Waals surface area contributed by atoms with Crippen LogP contribution in [-0.4, -0.2) is 31.7 Å². The predicted molar refractivity (Wildman–Crippen MR) is 42.4 cm³/mol. The van der Waals surface area contributed by atoms with Crippen molar-refractivity contribution in [2.45, 2.75) is 18.9 Å². The molecule has 0 aromatic heterocycles. The van der Waals surface area contributed by atoms with Gasteiger partial charge in [-0.3, -0.25) is 9.18 Å². The van der Waals surface area contributed by atoms with Gasteiger partial charge in [-0.1, -0.05) is 0 Å². The lowest BCUT2D eigenvalue weighted by atomic mass is 9.76. The minimum Gasteiger partial charge on any atom is -0.351 e. The fourth-order valence-corrected chi connectivity index (χ4v) is 2.16. The van der Waals surface area contributed by atoms with Crippen molar-refractivity contribution in [1.82, 2.24) is 10.6 Å². The zero-order chi connectivity index (χ0) is 8.60. The van der Waals surface area contributed by atoms with Gasteiger partial charge in [0, 0.05) is 24.4 Å². The fraction of sp³-hybridized carbons (Fsp3) is 0.875. The van der Waals surface area contributed by atoms with Crippen LogP contribution in [0.2, 0.25) is 0 Å². The molecular weight excluding hydrogens is 159 g/mol. The van der Waals surface area contributed by atoms with Gasteiger partial charge in [-0.2, -0.15) is 0 Å². The van der Waals surface area contributed by atoms with E-state index in [2.05, 4.69) is 10.6 Å². The smallest absolute Gasteiger partial charge is 0.221 e. The molecule has 3 nitrogen and oxygen atoms in total. The number of hydrogen-bond donors (Lipinski definition) is 2. The summed E-state index contributed by atoms with van der Waals surface area (Å²) in [5.74, 6) is 0.00125. The van der Waals surface area contributed by atoms with E-state index >= 15 is 0 Å². The number of rotatable bonds is 1. The first kappa shape index (κ1) is 7.98. The molecule has 2 saturated heterocycles. The predicted octanol–water partition coefficient (Wildman–Crippen LogP) is -0.176. The summed E-state index contributed by atoms with van der Waals surface area (Å²) in [6, 6.07) is 0.0174. The third kappa shape index (κ3) is 1.02. The second-order valence-electron chi connectivity index (χ2n) is 3.75. The Morgan fingerprint density at radius 2 is 2.50 bits per heavy atom. The lowest BCUT2D eigenvalue weighted by molar-refractivity contribution is -0.119. The van der Waals surface area contributed by atoms with Gasteiger partial charge in [0.05, 0.1) is 6.67 Å². The molecular formula is C8H13FN2O. The molecule has 0 saturated carbocycles. The first-order valence-corrected chi connectivity index (χ1v) is 4.33. The Balaban J connectivity index is 2.19. The van der Waals surface area contributed by atoms with Crippen molar-refractivity contribution in [2.24, 2.45) is 5.41 Å². The van der Waals surface area contributed by atoms with Crippen molar-refractivity contribution in [3.63, 3.8) is 0 Å². The normalized spacial score (nSPS) is 40.8. The molecule has 12 heavy (non-hydrogen) atoms. The molecule has 2 atom stereocenters. The number of piperidine rings is 1. The second kappa shape index (κ2) is 2.69. The van der Waals surface area contributed by atoms with Crippen molar-refractivity contribution in [2.75, 3.05) is 19.8 Å². The Hall–Kier alpha value is -0.640. The summed E-state index contributed by atoms with van der Waals surface area (Å²) in [5.41, 5.74) is -0.387. The van der Waals surface area contributed by atoms with Crippen molar-refractivity contribution in [3.8, 4) is 0 Å². The Labute approximate surface area is 70.7 Å². The number of fused-ring (bicyclic) bond motifs is 1. The quantitative estimate of drug-likeness (QED) is 0.576. The van der Waals surface area contributed by atoms with E-state index in [1.807, 2.05) is 0 Å². The maximum Gasteiger partial charge on any atom is 0.221 e. The molecule has 0 aromatic carbocycles. The van der Waals surface area contributed by atoms with Gasteiger partial charge >= 0.3 is 0 Å². The topological polar surface area (TPSA) is 41.1 Å². The number of hydrogen-bond acceptors (Lipinski definition) is 2. The molecule has 2 aliphatic heterocycles. The van der Waals surface area contributed by atoms with E-state index < -0.39 is 0 Å².